The van der Waals surface area contributed by atoms with Gasteiger partial charge in [-0.3, -0.25) is 14.8 Å². The molecular weight excluding hydrogens is 477 g/mol. The van der Waals surface area contributed by atoms with Gasteiger partial charge in [-0.15, -0.1) is 0 Å². The predicted molar refractivity (Wildman–Crippen MR) is 125 cm³/mol. The summed E-state index contributed by atoms with van der Waals surface area (Å²) in [6.45, 7) is 0. The van der Waals surface area contributed by atoms with Crippen LogP contribution in [-0.2, 0) is 10.0 Å². The minimum atomic E-state index is -3.93. The SMILES string of the molecule is COc1ccc(NS(=O)(=O)c2ccc(Cl)c(NC(=S)NC(=O)c3ccc(F)cc3)c2)cc1. The Balaban J connectivity index is 1.73. The van der Waals surface area contributed by atoms with Gasteiger partial charge in [0.15, 0.2) is 5.11 Å². The fraction of sp³-hybridized carbons (Fsp3) is 0.0476. The van der Waals surface area contributed by atoms with Crippen LogP contribution in [0.4, 0.5) is 15.8 Å². The smallest absolute Gasteiger partial charge is 0.261 e. The Bertz CT molecular complexity index is 1250. The number of amides is 1. The summed E-state index contributed by atoms with van der Waals surface area (Å²) in [5, 5.41) is 5.20. The highest BCUT2D eigenvalue weighted by Crippen LogP contribution is 2.27. The summed E-state index contributed by atoms with van der Waals surface area (Å²) in [7, 11) is -2.43. The monoisotopic (exact) mass is 493 g/mol. The maximum atomic E-state index is 13.0. The third kappa shape index (κ3) is 5.94. The van der Waals surface area contributed by atoms with E-state index in [4.69, 9.17) is 28.6 Å². The Kier molecular flexibility index (Phi) is 7.29. The summed E-state index contributed by atoms with van der Waals surface area (Å²) in [6, 6.07) is 15.3. The third-order valence-electron chi connectivity index (χ3n) is 4.17. The van der Waals surface area contributed by atoms with Crippen LogP contribution < -0.4 is 20.1 Å². The molecule has 0 bridgehead atoms. The number of benzene rings is 3. The van der Waals surface area contributed by atoms with Crippen molar-refractivity contribution in [1.29, 1.82) is 0 Å². The highest BCUT2D eigenvalue weighted by Gasteiger charge is 2.17. The molecule has 3 rings (SSSR count). The lowest BCUT2D eigenvalue weighted by Gasteiger charge is -2.13. The largest absolute Gasteiger partial charge is 0.497 e. The number of carbonyl (C=O) groups excluding carboxylic acids is 1. The van der Waals surface area contributed by atoms with Gasteiger partial charge in [0.05, 0.1) is 22.7 Å². The van der Waals surface area contributed by atoms with Crippen molar-refractivity contribution >= 4 is 56.2 Å². The first-order valence-corrected chi connectivity index (χ1v) is 11.3. The number of hydrogen-bond donors (Lipinski definition) is 3. The second-order valence-electron chi connectivity index (χ2n) is 6.39. The van der Waals surface area contributed by atoms with E-state index in [1.165, 1.54) is 37.4 Å². The molecule has 0 atom stereocenters. The van der Waals surface area contributed by atoms with Gasteiger partial charge in [-0.2, -0.15) is 0 Å². The first-order valence-electron chi connectivity index (χ1n) is 9.02. The second kappa shape index (κ2) is 9.94. The molecule has 7 nitrogen and oxygen atoms in total. The second-order valence-corrected chi connectivity index (χ2v) is 8.89. The lowest BCUT2D eigenvalue weighted by Crippen LogP contribution is -2.34. The molecule has 0 aromatic heterocycles. The minimum Gasteiger partial charge on any atom is -0.497 e. The zero-order valence-electron chi connectivity index (χ0n) is 16.6. The van der Waals surface area contributed by atoms with Crippen molar-refractivity contribution in [3.05, 3.63) is 83.1 Å². The minimum absolute atomic E-state index is 0.0760. The van der Waals surface area contributed by atoms with Crippen molar-refractivity contribution in [2.45, 2.75) is 4.90 Å². The fourth-order valence-electron chi connectivity index (χ4n) is 2.57. The van der Waals surface area contributed by atoms with Crippen molar-refractivity contribution in [3.8, 4) is 5.75 Å². The van der Waals surface area contributed by atoms with E-state index in [0.29, 0.717) is 11.4 Å². The number of hydrogen-bond acceptors (Lipinski definition) is 5. The lowest BCUT2D eigenvalue weighted by molar-refractivity contribution is 0.0977. The molecule has 0 saturated carbocycles. The van der Waals surface area contributed by atoms with E-state index in [9.17, 15) is 17.6 Å². The number of nitrogens with one attached hydrogen (secondary N) is 3. The van der Waals surface area contributed by atoms with E-state index in [1.54, 1.807) is 24.3 Å². The number of halogens is 2. The van der Waals surface area contributed by atoms with Crippen molar-refractivity contribution in [2.75, 3.05) is 17.1 Å². The summed E-state index contributed by atoms with van der Waals surface area (Å²) >= 11 is 11.3. The number of ether oxygens (including phenoxy) is 1. The molecule has 1 amide bonds. The van der Waals surface area contributed by atoms with Gasteiger partial charge in [0.1, 0.15) is 11.6 Å². The Labute approximate surface area is 194 Å². The predicted octanol–water partition coefficient (Wildman–Crippen LogP) is 4.42. The van der Waals surface area contributed by atoms with E-state index in [0.717, 1.165) is 12.1 Å². The van der Waals surface area contributed by atoms with Crippen molar-refractivity contribution < 1.29 is 22.3 Å². The Morgan fingerprint density at radius 3 is 2.31 bits per heavy atom. The van der Waals surface area contributed by atoms with E-state index in [-0.39, 0.29) is 26.3 Å². The average molecular weight is 494 g/mol. The number of carbonyl (C=O) groups is 1. The van der Waals surface area contributed by atoms with E-state index in [2.05, 4.69) is 15.4 Å². The van der Waals surface area contributed by atoms with Gasteiger partial charge >= 0.3 is 0 Å². The third-order valence-corrected chi connectivity index (χ3v) is 6.08. The normalized spacial score (nSPS) is 10.8. The topological polar surface area (TPSA) is 96.5 Å². The summed E-state index contributed by atoms with van der Waals surface area (Å²) in [6.07, 6.45) is 0. The molecule has 0 fully saturated rings. The zero-order valence-corrected chi connectivity index (χ0v) is 18.9. The molecular formula is C21H17ClFN3O4S2. The van der Waals surface area contributed by atoms with Gasteiger partial charge in [0.25, 0.3) is 15.9 Å². The van der Waals surface area contributed by atoms with Gasteiger partial charge < -0.3 is 10.1 Å². The first kappa shape index (κ1) is 23.5. The lowest BCUT2D eigenvalue weighted by atomic mass is 10.2. The molecule has 3 N–H and O–H groups in total. The van der Waals surface area contributed by atoms with Gasteiger partial charge in [0, 0.05) is 11.3 Å². The van der Waals surface area contributed by atoms with Crippen LogP contribution in [0.25, 0.3) is 0 Å². The maximum Gasteiger partial charge on any atom is 0.261 e. The maximum absolute atomic E-state index is 13.0. The van der Waals surface area contributed by atoms with Crippen molar-refractivity contribution in [3.63, 3.8) is 0 Å². The van der Waals surface area contributed by atoms with E-state index >= 15 is 0 Å². The molecule has 11 heteroatoms. The molecule has 166 valence electrons. The number of methoxy groups -OCH3 is 1. The van der Waals surface area contributed by atoms with Gasteiger partial charge in [-0.1, -0.05) is 11.6 Å². The zero-order chi connectivity index (χ0) is 23.3. The Morgan fingerprint density at radius 1 is 1.03 bits per heavy atom. The van der Waals surface area contributed by atoms with Crippen LogP contribution in [0.15, 0.2) is 71.6 Å². The summed E-state index contributed by atoms with van der Waals surface area (Å²) in [5.41, 5.74) is 0.715. The molecule has 0 radical (unpaired) electrons. The Hall–Kier alpha value is -3.21. The van der Waals surface area contributed by atoms with Crippen LogP contribution in [0.1, 0.15) is 10.4 Å². The average Bonchev–Trinajstić information content (AvgIpc) is 2.75. The molecule has 0 unspecified atom stereocenters. The van der Waals surface area contributed by atoms with Crippen molar-refractivity contribution in [2.24, 2.45) is 0 Å². The number of sulfonamides is 1. The molecule has 0 spiro atoms. The molecule has 0 saturated heterocycles. The van der Waals surface area contributed by atoms with Crippen LogP contribution in [0.3, 0.4) is 0 Å². The number of rotatable bonds is 6. The van der Waals surface area contributed by atoms with Gasteiger partial charge in [-0.25, -0.2) is 12.8 Å². The highest BCUT2D eigenvalue weighted by atomic mass is 35.5. The fourth-order valence-corrected chi connectivity index (χ4v) is 4.02. The standard InChI is InChI=1S/C21H17ClFN3O4S2/c1-30-16-8-6-15(7-9-16)26-32(28,29)17-10-11-18(22)19(12-17)24-21(31)25-20(27)13-2-4-14(23)5-3-13/h2-12,26H,1H3,(H2,24,25,27,31). The van der Waals surface area contributed by atoms with Crippen LogP contribution in [0, 0.1) is 5.82 Å². The van der Waals surface area contributed by atoms with E-state index in [1.807, 2.05) is 0 Å². The molecule has 3 aromatic rings. The Morgan fingerprint density at radius 2 is 1.69 bits per heavy atom. The summed E-state index contributed by atoms with van der Waals surface area (Å²) < 4.78 is 46.0. The molecule has 0 heterocycles. The summed E-state index contributed by atoms with van der Waals surface area (Å²) in [5.74, 6) is -0.457. The van der Waals surface area contributed by atoms with Gasteiger partial charge in [0.2, 0.25) is 0 Å². The van der Waals surface area contributed by atoms with Crippen LogP contribution in [0.5, 0.6) is 5.75 Å². The summed E-state index contributed by atoms with van der Waals surface area (Å²) in [4.78, 5) is 12.1. The van der Waals surface area contributed by atoms with E-state index < -0.39 is 21.7 Å². The number of thiocarbonyl (C=S) groups is 1. The van der Waals surface area contributed by atoms with Gasteiger partial charge in [-0.05, 0) is 78.9 Å². The van der Waals surface area contributed by atoms with Crippen LogP contribution >= 0.6 is 23.8 Å². The van der Waals surface area contributed by atoms with Crippen LogP contribution in [-0.4, -0.2) is 26.5 Å². The molecule has 32 heavy (non-hydrogen) atoms. The molecule has 3 aromatic carbocycles. The molecule has 0 aliphatic carbocycles. The first-order chi connectivity index (χ1) is 15.2. The quantitative estimate of drug-likeness (QED) is 0.440. The van der Waals surface area contributed by atoms with Crippen molar-refractivity contribution in [1.82, 2.24) is 5.32 Å². The number of anilines is 2. The molecule has 0 aliphatic rings. The molecule has 0 aliphatic heterocycles. The highest BCUT2D eigenvalue weighted by molar-refractivity contribution is 7.92. The van der Waals surface area contributed by atoms with Crippen LogP contribution in [0.2, 0.25) is 5.02 Å².